The molecule has 0 radical (unpaired) electrons. The number of para-hydroxylation sites is 1. The van der Waals surface area contributed by atoms with Crippen molar-refractivity contribution in [3.63, 3.8) is 0 Å². The maximum absolute atomic E-state index is 10.4. The first kappa shape index (κ1) is 13.0. The zero-order valence-electron chi connectivity index (χ0n) is 10.2. The van der Waals surface area contributed by atoms with Gasteiger partial charge in [0.15, 0.2) is 0 Å². The van der Waals surface area contributed by atoms with Gasteiger partial charge in [0.2, 0.25) is 0 Å². The minimum Gasteiger partial charge on any atom is -0.481 e. The Morgan fingerprint density at radius 2 is 2.28 bits per heavy atom. The minimum atomic E-state index is -0.746. The van der Waals surface area contributed by atoms with Gasteiger partial charge in [0, 0.05) is 6.42 Å². The van der Waals surface area contributed by atoms with Gasteiger partial charge in [0.1, 0.15) is 5.01 Å². The second-order valence-electron chi connectivity index (χ2n) is 4.19. The van der Waals surface area contributed by atoms with E-state index in [9.17, 15) is 4.79 Å². The molecule has 1 atom stereocenters. The lowest BCUT2D eigenvalue weighted by Gasteiger charge is -2.09. The molecule has 0 saturated carbocycles. The standard InChI is InChI=1S/C13H16N2O2S/c1-9(14-8-4-7-12(16)17)13-15-10-5-2-3-6-11(10)18-13/h2-3,5-6,9,14H,4,7-8H2,1H3,(H,16,17). The van der Waals surface area contributed by atoms with E-state index in [1.54, 1.807) is 11.3 Å². The number of carboxylic acids is 1. The summed E-state index contributed by atoms with van der Waals surface area (Å²) >= 11 is 1.68. The van der Waals surface area contributed by atoms with Crippen molar-refractivity contribution < 1.29 is 9.90 Å². The summed E-state index contributed by atoms with van der Waals surface area (Å²) < 4.78 is 1.19. The lowest BCUT2D eigenvalue weighted by molar-refractivity contribution is -0.137. The fraction of sp³-hybridized carbons (Fsp3) is 0.385. The van der Waals surface area contributed by atoms with E-state index in [0.29, 0.717) is 13.0 Å². The SMILES string of the molecule is CC(NCCCC(=O)O)c1nc2ccccc2s1. The largest absolute Gasteiger partial charge is 0.481 e. The molecular weight excluding hydrogens is 248 g/mol. The number of nitrogens with one attached hydrogen (secondary N) is 1. The second kappa shape index (κ2) is 5.93. The van der Waals surface area contributed by atoms with Gasteiger partial charge in [-0.05, 0) is 32.0 Å². The van der Waals surface area contributed by atoms with Crippen molar-refractivity contribution in [3.8, 4) is 0 Å². The van der Waals surface area contributed by atoms with Gasteiger partial charge in [0.05, 0.1) is 16.3 Å². The molecular formula is C13H16N2O2S. The Morgan fingerprint density at radius 1 is 1.50 bits per heavy atom. The summed E-state index contributed by atoms with van der Waals surface area (Å²) in [5.74, 6) is -0.746. The van der Waals surface area contributed by atoms with Crippen LogP contribution in [0.3, 0.4) is 0 Å². The first-order chi connectivity index (χ1) is 8.66. The zero-order valence-corrected chi connectivity index (χ0v) is 11.0. The quantitative estimate of drug-likeness (QED) is 0.788. The molecule has 1 heterocycles. The second-order valence-corrected chi connectivity index (χ2v) is 5.26. The van der Waals surface area contributed by atoms with Crippen LogP contribution in [0.25, 0.3) is 10.2 Å². The van der Waals surface area contributed by atoms with Gasteiger partial charge in [0.25, 0.3) is 0 Å². The third-order valence-corrected chi connectivity index (χ3v) is 3.92. The van der Waals surface area contributed by atoms with Crippen molar-refractivity contribution in [1.29, 1.82) is 0 Å². The van der Waals surface area contributed by atoms with Crippen molar-refractivity contribution in [2.75, 3.05) is 6.54 Å². The van der Waals surface area contributed by atoms with Gasteiger partial charge in [-0.25, -0.2) is 4.98 Å². The van der Waals surface area contributed by atoms with Crippen LogP contribution in [0.2, 0.25) is 0 Å². The third kappa shape index (κ3) is 3.27. The summed E-state index contributed by atoms with van der Waals surface area (Å²) in [6.07, 6.45) is 0.851. The van der Waals surface area contributed by atoms with Gasteiger partial charge in [-0.2, -0.15) is 0 Å². The molecule has 2 N–H and O–H groups in total. The molecule has 1 aromatic carbocycles. The Hall–Kier alpha value is -1.46. The summed E-state index contributed by atoms with van der Waals surface area (Å²) in [5.41, 5.74) is 1.02. The molecule has 18 heavy (non-hydrogen) atoms. The Kier molecular flexibility index (Phi) is 4.28. The monoisotopic (exact) mass is 264 g/mol. The molecule has 2 rings (SSSR count). The number of aliphatic carboxylic acids is 1. The number of benzene rings is 1. The summed E-state index contributed by atoms with van der Waals surface area (Å²) in [6, 6.07) is 8.22. The Labute approximate surface area is 110 Å². The van der Waals surface area contributed by atoms with Crippen LogP contribution in [0.1, 0.15) is 30.8 Å². The number of hydrogen-bond acceptors (Lipinski definition) is 4. The molecule has 5 heteroatoms. The van der Waals surface area contributed by atoms with Gasteiger partial charge in [-0.15, -0.1) is 11.3 Å². The first-order valence-electron chi connectivity index (χ1n) is 5.97. The number of carbonyl (C=O) groups is 1. The minimum absolute atomic E-state index is 0.163. The maximum Gasteiger partial charge on any atom is 0.303 e. The van der Waals surface area contributed by atoms with Crippen LogP contribution in [-0.4, -0.2) is 22.6 Å². The van der Waals surface area contributed by atoms with Crippen LogP contribution in [0.4, 0.5) is 0 Å². The maximum atomic E-state index is 10.4. The molecule has 0 aliphatic heterocycles. The van der Waals surface area contributed by atoms with Crippen molar-refractivity contribution >= 4 is 27.5 Å². The summed E-state index contributed by atoms with van der Waals surface area (Å²) in [5, 5.41) is 12.9. The van der Waals surface area contributed by atoms with E-state index in [1.165, 1.54) is 4.70 Å². The number of nitrogens with zero attached hydrogens (tertiary/aromatic N) is 1. The molecule has 0 fully saturated rings. The first-order valence-corrected chi connectivity index (χ1v) is 6.79. The highest BCUT2D eigenvalue weighted by Gasteiger charge is 2.10. The smallest absolute Gasteiger partial charge is 0.303 e. The topological polar surface area (TPSA) is 62.2 Å². The van der Waals surface area contributed by atoms with Crippen LogP contribution < -0.4 is 5.32 Å². The lowest BCUT2D eigenvalue weighted by atomic mass is 10.3. The molecule has 0 spiro atoms. The molecule has 0 aliphatic rings. The van der Waals surface area contributed by atoms with E-state index in [4.69, 9.17) is 5.11 Å². The van der Waals surface area contributed by atoms with Crippen LogP contribution >= 0.6 is 11.3 Å². The molecule has 0 saturated heterocycles. The predicted molar refractivity (Wildman–Crippen MR) is 72.9 cm³/mol. The Morgan fingerprint density at radius 3 is 3.00 bits per heavy atom. The number of fused-ring (bicyclic) bond motifs is 1. The Balaban J connectivity index is 1.92. The lowest BCUT2D eigenvalue weighted by Crippen LogP contribution is -2.20. The van der Waals surface area contributed by atoms with E-state index in [1.807, 2.05) is 18.2 Å². The van der Waals surface area contributed by atoms with E-state index in [2.05, 4.69) is 23.3 Å². The molecule has 1 unspecified atom stereocenters. The Bertz CT molecular complexity index is 506. The predicted octanol–water partition coefficient (Wildman–Crippen LogP) is 2.81. The highest BCUT2D eigenvalue weighted by molar-refractivity contribution is 7.18. The molecule has 0 amide bonds. The molecule has 96 valence electrons. The number of thiazole rings is 1. The molecule has 0 bridgehead atoms. The number of aromatic nitrogens is 1. The van der Waals surface area contributed by atoms with Crippen LogP contribution in [0.15, 0.2) is 24.3 Å². The summed E-state index contributed by atoms with van der Waals surface area (Å²) in [7, 11) is 0. The van der Waals surface area contributed by atoms with Crippen LogP contribution in [0, 0.1) is 0 Å². The van der Waals surface area contributed by atoms with Crippen molar-refractivity contribution in [2.45, 2.75) is 25.8 Å². The van der Waals surface area contributed by atoms with Crippen LogP contribution in [-0.2, 0) is 4.79 Å². The average Bonchev–Trinajstić information content (AvgIpc) is 2.78. The van der Waals surface area contributed by atoms with Crippen molar-refractivity contribution in [1.82, 2.24) is 10.3 Å². The fourth-order valence-electron chi connectivity index (χ4n) is 1.72. The number of hydrogen-bond donors (Lipinski definition) is 2. The van der Waals surface area contributed by atoms with E-state index >= 15 is 0 Å². The zero-order chi connectivity index (χ0) is 13.0. The molecule has 2 aromatic rings. The van der Waals surface area contributed by atoms with E-state index in [0.717, 1.165) is 10.5 Å². The highest BCUT2D eigenvalue weighted by atomic mass is 32.1. The van der Waals surface area contributed by atoms with Crippen molar-refractivity contribution in [2.24, 2.45) is 0 Å². The van der Waals surface area contributed by atoms with Gasteiger partial charge in [-0.1, -0.05) is 12.1 Å². The highest BCUT2D eigenvalue weighted by Crippen LogP contribution is 2.25. The molecule has 1 aromatic heterocycles. The average molecular weight is 264 g/mol. The number of carboxylic acid groups (broad SMARTS) is 1. The summed E-state index contributed by atoms with van der Waals surface area (Å²) in [6.45, 7) is 2.75. The van der Waals surface area contributed by atoms with Crippen LogP contribution in [0.5, 0.6) is 0 Å². The van der Waals surface area contributed by atoms with Gasteiger partial charge in [-0.3, -0.25) is 4.79 Å². The van der Waals surface area contributed by atoms with E-state index in [-0.39, 0.29) is 12.5 Å². The van der Waals surface area contributed by atoms with Gasteiger partial charge < -0.3 is 10.4 Å². The fourth-order valence-corrected chi connectivity index (χ4v) is 2.72. The number of rotatable bonds is 6. The van der Waals surface area contributed by atoms with Gasteiger partial charge >= 0.3 is 5.97 Å². The normalized spacial score (nSPS) is 12.7. The van der Waals surface area contributed by atoms with E-state index < -0.39 is 5.97 Å². The summed E-state index contributed by atoms with van der Waals surface area (Å²) in [4.78, 5) is 15.0. The third-order valence-electron chi connectivity index (χ3n) is 2.70. The molecule has 4 nitrogen and oxygen atoms in total. The molecule has 0 aliphatic carbocycles. The van der Waals surface area contributed by atoms with Crippen molar-refractivity contribution in [3.05, 3.63) is 29.3 Å².